The topological polar surface area (TPSA) is 69.7 Å². The highest BCUT2D eigenvalue weighted by Crippen LogP contribution is 2.29. The van der Waals surface area contributed by atoms with Crippen molar-refractivity contribution < 1.29 is 22.7 Å². The lowest BCUT2D eigenvalue weighted by molar-refractivity contribution is 0.0318. The van der Waals surface area contributed by atoms with Crippen LogP contribution in [-0.2, 0) is 18.5 Å². The van der Waals surface area contributed by atoms with E-state index in [-0.39, 0.29) is 16.4 Å². The van der Waals surface area contributed by atoms with Crippen molar-refractivity contribution in [3.8, 4) is 0 Å². The summed E-state index contributed by atoms with van der Waals surface area (Å²) in [5.41, 5.74) is 0.541. The predicted molar refractivity (Wildman–Crippen MR) is 73.5 cm³/mol. The van der Waals surface area contributed by atoms with E-state index in [1.807, 2.05) is 6.92 Å². The first-order valence-electron chi connectivity index (χ1n) is 5.65. The molecular weight excluding hydrogens is 312 g/mol. The summed E-state index contributed by atoms with van der Waals surface area (Å²) in [5, 5.41) is 1.43. The minimum atomic E-state index is -3.82. The van der Waals surface area contributed by atoms with Gasteiger partial charge >= 0.3 is 5.97 Å². The van der Waals surface area contributed by atoms with E-state index >= 15 is 0 Å². The third-order valence-corrected chi connectivity index (χ3v) is 5.55. The summed E-state index contributed by atoms with van der Waals surface area (Å²) in [6, 6.07) is 0. The second kappa shape index (κ2) is 7.23. The molecule has 108 valence electrons. The van der Waals surface area contributed by atoms with E-state index < -0.39 is 15.0 Å². The van der Waals surface area contributed by atoms with Crippen LogP contribution < -0.4 is 0 Å². The zero-order chi connectivity index (χ0) is 14.5. The molecular formula is C11H15ClO5S2. The van der Waals surface area contributed by atoms with Crippen molar-refractivity contribution >= 4 is 37.0 Å². The van der Waals surface area contributed by atoms with Crippen LogP contribution in [0.5, 0.6) is 0 Å². The zero-order valence-electron chi connectivity index (χ0n) is 10.6. The summed E-state index contributed by atoms with van der Waals surface area (Å²) in [5.74, 6) is -0.569. The molecule has 0 bridgehead atoms. The summed E-state index contributed by atoms with van der Waals surface area (Å²) < 4.78 is 32.6. The van der Waals surface area contributed by atoms with E-state index in [2.05, 4.69) is 0 Å². The Morgan fingerprint density at radius 2 is 2.05 bits per heavy atom. The van der Waals surface area contributed by atoms with Crippen LogP contribution in [0.4, 0.5) is 0 Å². The van der Waals surface area contributed by atoms with Crippen molar-refractivity contribution in [3.63, 3.8) is 0 Å². The fraction of sp³-hybridized carbons (Fsp3) is 0.545. The quantitative estimate of drug-likeness (QED) is 0.437. The SMILES string of the molecule is CCCOCCOC(=O)c1csc(S(=O)(=O)Cl)c1C. The van der Waals surface area contributed by atoms with E-state index in [0.29, 0.717) is 18.8 Å². The molecule has 0 fully saturated rings. The highest BCUT2D eigenvalue weighted by atomic mass is 35.7. The Morgan fingerprint density at radius 3 is 2.58 bits per heavy atom. The zero-order valence-corrected chi connectivity index (χ0v) is 13.0. The monoisotopic (exact) mass is 326 g/mol. The fourth-order valence-corrected chi connectivity index (χ4v) is 3.90. The summed E-state index contributed by atoms with van der Waals surface area (Å²) in [6.45, 7) is 4.58. The highest BCUT2D eigenvalue weighted by molar-refractivity contribution is 8.15. The molecule has 0 aliphatic heterocycles. The Labute approximate surface area is 120 Å². The molecule has 0 aliphatic rings. The van der Waals surface area contributed by atoms with Gasteiger partial charge in [0.05, 0.1) is 12.2 Å². The molecule has 5 nitrogen and oxygen atoms in total. The number of carbonyl (C=O) groups is 1. The maximum atomic E-state index is 11.7. The molecule has 0 saturated carbocycles. The lowest BCUT2D eigenvalue weighted by Crippen LogP contribution is -2.11. The maximum Gasteiger partial charge on any atom is 0.339 e. The molecule has 0 unspecified atom stereocenters. The van der Waals surface area contributed by atoms with Crippen molar-refractivity contribution in [2.75, 3.05) is 19.8 Å². The number of halogens is 1. The van der Waals surface area contributed by atoms with Gasteiger partial charge < -0.3 is 9.47 Å². The Bertz CT molecular complexity index is 535. The van der Waals surface area contributed by atoms with E-state index in [1.54, 1.807) is 0 Å². The van der Waals surface area contributed by atoms with E-state index in [0.717, 1.165) is 17.8 Å². The largest absolute Gasteiger partial charge is 0.460 e. The van der Waals surface area contributed by atoms with Gasteiger partial charge in [0, 0.05) is 22.7 Å². The van der Waals surface area contributed by atoms with Crippen molar-refractivity contribution in [3.05, 3.63) is 16.5 Å². The maximum absolute atomic E-state index is 11.7. The molecule has 0 atom stereocenters. The van der Waals surface area contributed by atoms with E-state index in [1.165, 1.54) is 12.3 Å². The van der Waals surface area contributed by atoms with Crippen LogP contribution in [0.2, 0.25) is 0 Å². The number of esters is 1. The van der Waals surface area contributed by atoms with Gasteiger partial charge in [-0.1, -0.05) is 6.92 Å². The van der Waals surface area contributed by atoms with Gasteiger partial charge in [-0.2, -0.15) is 0 Å². The Balaban J connectivity index is 2.61. The molecule has 19 heavy (non-hydrogen) atoms. The lowest BCUT2D eigenvalue weighted by Gasteiger charge is -2.05. The summed E-state index contributed by atoms with van der Waals surface area (Å²) >= 11 is 0.907. The molecule has 1 aromatic rings. The van der Waals surface area contributed by atoms with Gasteiger partial charge in [-0.25, -0.2) is 13.2 Å². The number of hydrogen-bond acceptors (Lipinski definition) is 6. The van der Waals surface area contributed by atoms with Gasteiger partial charge in [-0.15, -0.1) is 11.3 Å². The second-order valence-corrected chi connectivity index (χ2v) is 7.39. The number of rotatable bonds is 7. The van der Waals surface area contributed by atoms with Crippen molar-refractivity contribution in [1.82, 2.24) is 0 Å². The van der Waals surface area contributed by atoms with E-state index in [9.17, 15) is 13.2 Å². The van der Waals surface area contributed by atoms with Gasteiger partial charge in [0.1, 0.15) is 10.8 Å². The van der Waals surface area contributed by atoms with Crippen LogP contribution in [0.25, 0.3) is 0 Å². The van der Waals surface area contributed by atoms with Gasteiger partial charge in [0.25, 0.3) is 9.05 Å². The highest BCUT2D eigenvalue weighted by Gasteiger charge is 2.22. The second-order valence-electron chi connectivity index (χ2n) is 3.75. The minimum Gasteiger partial charge on any atom is -0.460 e. The number of hydrogen-bond donors (Lipinski definition) is 0. The first kappa shape index (κ1) is 16.4. The molecule has 0 radical (unpaired) electrons. The Hall–Kier alpha value is -0.630. The van der Waals surface area contributed by atoms with Crippen LogP contribution in [0.3, 0.4) is 0 Å². The first-order valence-corrected chi connectivity index (χ1v) is 8.84. The summed E-state index contributed by atoms with van der Waals surface area (Å²) in [4.78, 5) is 11.7. The average molecular weight is 327 g/mol. The number of ether oxygens (including phenoxy) is 2. The molecule has 8 heteroatoms. The average Bonchev–Trinajstić information content (AvgIpc) is 2.70. The van der Waals surface area contributed by atoms with Crippen LogP contribution in [0.15, 0.2) is 9.59 Å². The van der Waals surface area contributed by atoms with Gasteiger partial charge in [0.2, 0.25) is 0 Å². The molecule has 1 heterocycles. The summed E-state index contributed by atoms with van der Waals surface area (Å²) in [6.07, 6.45) is 0.897. The van der Waals surface area contributed by atoms with E-state index in [4.69, 9.17) is 20.2 Å². The van der Waals surface area contributed by atoms with Crippen LogP contribution in [-0.4, -0.2) is 34.2 Å². The standard InChI is InChI=1S/C11H15ClO5S2/c1-3-4-16-5-6-17-10(13)9-7-18-11(8(9)2)19(12,14)15/h7H,3-6H2,1-2H3. The van der Waals surface area contributed by atoms with Crippen molar-refractivity contribution in [2.45, 2.75) is 24.5 Å². The number of carbonyl (C=O) groups excluding carboxylic acids is 1. The fourth-order valence-electron chi connectivity index (χ4n) is 1.36. The molecule has 0 aromatic carbocycles. The van der Waals surface area contributed by atoms with Crippen LogP contribution >= 0.6 is 22.0 Å². The number of thiophene rings is 1. The minimum absolute atomic E-state index is 0.0247. The Kier molecular flexibility index (Phi) is 6.25. The van der Waals surface area contributed by atoms with Crippen molar-refractivity contribution in [1.29, 1.82) is 0 Å². The Morgan fingerprint density at radius 1 is 1.37 bits per heavy atom. The van der Waals surface area contributed by atoms with Crippen LogP contribution in [0.1, 0.15) is 29.3 Å². The van der Waals surface area contributed by atoms with Crippen molar-refractivity contribution in [2.24, 2.45) is 0 Å². The normalized spacial score (nSPS) is 11.5. The van der Waals surface area contributed by atoms with Gasteiger partial charge in [-0.05, 0) is 18.9 Å². The smallest absolute Gasteiger partial charge is 0.339 e. The molecule has 0 amide bonds. The summed E-state index contributed by atoms with van der Waals surface area (Å²) in [7, 11) is 1.43. The molecule has 1 rings (SSSR count). The third-order valence-electron chi connectivity index (χ3n) is 2.24. The molecule has 0 saturated heterocycles. The van der Waals surface area contributed by atoms with Gasteiger partial charge in [0.15, 0.2) is 0 Å². The van der Waals surface area contributed by atoms with Crippen LogP contribution in [0, 0.1) is 6.92 Å². The molecule has 0 spiro atoms. The predicted octanol–water partition coefficient (Wildman–Crippen LogP) is 2.57. The molecule has 1 aromatic heterocycles. The lowest BCUT2D eigenvalue weighted by atomic mass is 10.2. The first-order chi connectivity index (χ1) is 8.88. The third kappa shape index (κ3) is 4.76. The molecule has 0 N–H and O–H groups in total. The molecule has 0 aliphatic carbocycles. The van der Waals surface area contributed by atoms with Gasteiger partial charge in [-0.3, -0.25) is 0 Å².